The molecular formula is C16H14N4O4. The van der Waals surface area contributed by atoms with E-state index in [2.05, 4.69) is 4.98 Å². The van der Waals surface area contributed by atoms with Gasteiger partial charge < -0.3 is 14.1 Å². The van der Waals surface area contributed by atoms with Crippen LogP contribution >= 0.6 is 0 Å². The summed E-state index contributed by atoms with van der Waals surface area (Å²) in [6.45, 7) is 1.79. The van der Waals surface area contributed by atoms with Gasteiger partial charge in [0.25, 0.3) is 0 Å². The Hall–Kier alpha value is -3.13. The number of aromatic nitrogens is 3. The van der Waals surface area contributed by atoms with Crippen LogP contribution in [0, 0.1) is 17.0 Å². The van der Waals surface area contributed by atoms with E-state index in [1.54, 1.807) is 6.92 Å². The lowest BCUT2D eigenvalue weighted by atomic mass is 10.1. The fourth-order valence-corrected chi connectivity index (χ4v) is 3.08. The Morgan fingerprint density at radius 2 is 1.96 bits per heavy atom. The standard InChI is InChI=1S/C16H14N4O4/c1-9-14(15(21)12-7-8-13(24-12)20(22)23)19-11-6-4-3-5-10(11)18(2)16(19)17-9/h3-8,15,21H,1-2H3. The molecule has 8 nitrogen and oxygen atoms in total. The minimum atomic E-state index is -1.15. The summed E-state index contributed by atoms with van der Waals surface area (Å²) in [5.41, 5.74) is 3.04. The topological polar surface area (TPSA) is 98.7 Å². The second-order valence-electron chi connectivity index (χ2n) is 5.60. The van der Waals surface area contributed by atoms with Crippen molar-refractivity contribution in [3.63, 3.8) is 0 Å². The quantitative estimate of drug-likeness (QED) is 0.461. The number of hydrogen-bond donors (Lipinski definition) is 1. The van der Waals surface area contributed by atoms with Gasteiger partial charge in [-0.25, -0.2) is 4.98 Å². The molecule has 1 unspecified atom stereocenters. The van der Waals surface area contributed by atoms with Gasteiger partial charge in [-0.1, -0.05) is 12.1 Å². The molecular weight excluding hydrogens is 312 g/mol. The molecule has 1 aromatic carbocycles. The molecule has 3 heterocycles. The number of aliphatic hydroxyl groups is 1. The normalized spacial score (nSPS) is 13.0. The zero-order valence-electron chi connectivity index (χ0n) is 13.0. The highest BCUT2D eigenvalue weighted by molar-refractivity contribution is 5.81. The molecule has 0 aliphatic carbocycles. The summed E-state index contributed by atoms with van der Waals surface area (Å²) in [6.07, 6.45) is -1.15. The van der Waals surface area contributed by atoms with Gasteiger partial charge in [0.15, 0.2) is 6.10 Å². The number of fused-ring (bicyclic) bond motifs is 3. The van der Waals surface area contributed by atoms with Crippen LogP contribution in [0.3, 0.4) is 0 Å². The number of aliphatic hydroxyl groups excluding tert-OH is 1. The highest BCUT2D eigenvalue weighted by Crippen LogP contribution is 2.32. The smallest absolute Gasteiger partial charge is 0.403 e. The summed E-state index contributed by atoms with van der Waals surface area (Å²) in [7, 11) is 1.90. The van der Waals surface area contributed by atoms with Gasteiger partial charge in [0.2, 0.25) is 5.78 Å². The average Bonchev–Trinajstić information content (AvgIpc) is 3.23. The summed E-state index contributed by atoms with van der Waals surface area (Å²) < 4.78 is 8.94. The number of para-hydroxylation sites is 2. The fraction of sp³-hybridized carbons (Fsp3) is 0.188. The van der Waals surface area contributed by atoms with E-state index in [0.29, 0.717) is 17.2 Å². The maximum atomic E-state index is 10.8. The lowest BCUT2D eigenvalue weighted by molar-refractivity contribution is -0.402. The van der Waals surface area contributed by atoms with E-state index in [1.807, 2.05) is 40.3 Å². The largest absolute Gasteiger partial charge is 0.433 e. The highest BCUT2D eigenvalue weighted by atomic mass is 16.6. The van der Waals surface area contributed by atoms with Crippen molar-refractivity contribution in [3.05, 3.63) is 63.7 Å². The molecule has 3 aromatic heterocycles. The first-order valence-electron chi connectivity index (χ1n) is 7.33. The van der Waals surface area contributed by atoms with Crippen LogP contribution in [0.15, 0.2) is 40.8 Å². The minimum absolute atomic E-state index is 0.111. The monoisotopic (exact) mass is 326 g/mol. The van der Waals surface area contributed by atoms with Gasteiger partial charge >= 0.3 is 5.88 Å². The van der Waals surface area contributed by atoms with Crippen molar-refractivity contribution in [2.75, 3.05) is 0 Å². The van der Waals surface area contributed by atoms with Crippen LogP contribution in [0.25, 0.3) is 16.8 Å². The zero-order valence-corrected chi connectivity index (χ0v) is 13.0. The van der Waals surface area contributed by atoms with Crippen molar-refractivity contribution in [2.45, 2.75) is 13.0 Å². The van der Waals surface area contributed by atoms with E-state index < -0.39 is 16.9 Å². The summed E-state index contributed by atoms with van der Waals surface area (Å²) in [6, 6.07) is 10.4. The van der Waals surface area contributed by atoms with Gasteiger partial charge in [-0.05, 0) is 25.1 Å². The Bertz CT molecular complexity index is 1090. The number of nitrogens with zero attached hydrogens (tertiary/aromatic N) is 4. The van der Waals surface area contributed by atoms with Crippen molar-refractivity contribution >= 4 is 22.7 Å². The molecule has 0 saturated carbocycles. The van der Waals surface area contributed by atoms with Gasteiger partial charge in [0.1, 0.15) is 10.7 Å². The van der Waals surface area contributed by atoms with Crippen LogP contribution in [0.5, 0.6) is 0 Å². The first-order chi connectivity index (χ1) is 11.5. The average molecular weight is 326 g/mol. The lowest BCUT2D eigenvalue weighted by Gasteiger charge is -2.08. The molecule has 4 aromatic rings. The summed E-state index contributed by atoms with van der Waals surface area (Å²) >= 11 is 0. The molecule has 24 heavy (non-hydrogen) atoms. The van der Waals surface area contributed by atoms with Crippen LogP contribution in [0.2, 0.25) is 0 Å². The van der Waals surface area contributed by atoms with Gasteiger partial charge in [-0.15, -0.1) is 0 Å². The predicted molar refractivity (Wildman–Crippen MR) is 85.8 cm³/mol. The SMILES string of the molecule is Cc1nc2n(C)c3ccccc3n2c1C(O)c1ccc([N+](=O)[O-])o1. The Morgan fingerprint density at radius 1 is 1.25 bits per heavy atom. The van der Waals surface area contributed by atoms with Crippen molar-refractivity contribution in [1.82, 2.24) is 14.0 Å². The van der Waals surface area contributed by atoms with Crippen molar-refractivity contribution in [3.8, 4) is 0 Å². The summed E-state index contributed by atoms with van der Waals surface area (Å²) in [5.74, 6) is 0.392. The van der Waals surface area contributed by atoms with E-state index in [1.165, 1.54) is 12.1 Å². The van der Waals surface area contributed by atoms with Gasteiger partial charge in [-0.2, -0.15) is 0 Å². The molecule has 8 heteroatoms. The molecule has 122 valence electrons. The lowest BCUT2D eigenvalue weighted by Crippen LogP contribution is -2.04. The molecule has 0 fully saturated rings. The van der Waals surface area contributed by atoms with Crippen LogP contribution in [-0.4, -0.2) is 24.0 Å². The van der Waals surface area contributed by atoms with Crippen molar-refractivity contribution in [1.29, 1.82) is 0 Å². The van der Waals surface area contributed by atoms with Crippen LogP contribution < -0.4 is 0 Å². The number of rotatable bonds is 3. The van der Waals surface area contributed by atoms with E-state index in [9.17, 15) is 15.2 Å². The molecule has 0 aliphatic rings. The van der Waals surface area contributed by atoms with E-state index in [-0.39, 0.29) is 5.76 Å². The second kappa shape index (κ2) is 4.93. The molecule has 0 aliphatic heterocycles. The van der Waals surface area contributed by atoms with Crippen LogP contribution in [-0.2, 0) is 7.05 Å². The molecule has 0 amide bonds. The Morgan fingerprint density at radius 3 is 2.62 bits per heavy atom. The third kappa shape index (κ3) is 1.86. The maximum absolute atomic E-state index is 10.8. The van der Waals surface area contributed by atoms with E-state index >= 15 is 0 Å². The summed E-state index contributed by atoms with van der Waals surface area (Å²) in [5, 5.41) is 21.5. The molecule has 0 bridgehead atoms. The second-order valence-corrected chi connectivity index (χ2v) is 5.60. The predicted octanol–water partition coefficient (Wildman–Crippen LogP) is 2.72. The highest BCUT2D eigenvalue weighted by Gasteiger charge is 2.26. The van der Waals surface area contributed by atoms with E-state index in [0.717, 1.165) is 11.0 Å². The Labute approximate surface area is 135 Å². The van der Waals surface area contributed by atoms with Crippen molar-refractivity contribution in [2.24, 2.45) is 7.05 Å². The molecule has 4 rings (SSSR count). The number of imidazole rings is 2. The molecule has 0 saturated heterocycles. The third-order valence-corrected chi connectivity index (χ3v) is 4.18. The Balaban J connectivity index is 1.96. The van der Waals surface area contributed by atoms with Crippen molar-refractivity contribution < 1.29 is 14.4 Å². The van der Waals surface area contributed by atoms with Gasteiger partial charge in [0.05, 0.1) is 28.5 Å². The van der Waals surface area contributed by atoms with Crippen LogP contribution in [0.1, 0.15) is 23.3 Å². The molecule has 0 radical (unpaired) electrons. The number of benzene rings is 1. The van der Waals surface area contributed by atoms with Gasteiger partial charge in [-0.3, -0.25) is 14.5 Å². The Kier molecular flexibility index (Phi) is 2.97. The number of hydrogen-bond acceptors (Lipinski definition) is 5. The van der Waals surface area contributed by atoms with E-state index in [4.69, 9.17) is 4.42 Å². The summed E-state index contributed by atoms with van der Waals surface area (Å²) in [4.78, 5) is 14.7. The molecule has 0 spiro atoms. The third-order valence-electron chi connectivity index (χ3n) is 4.18. The van der Waals surface area contributed by atoms with Gasteiger partial charge in [0, 0.05) is 7.05 Å². The fourth-order valence-electron chi connectivity index (χ4n) is 3.08. The zero-order chi connectivity index (χ0) is 17.0. The number of aryl methyl sites for hydroxylation is 2. The maximum Gasteiger partial charge on any atom is 0.433 e. The van der Waals surface area contributed by atoms with Crippen LogP contribution in [0.4, 0.5) is 5.88 Å². The number of furan rings is 1. The first-order valence-corrected chi connectivity index (χ1v) is 7.33. The first kappa shape index (κ1) is 14.5. The molecule has 1 N–H and O–H groups in total. The molecule has 1 atom stereocenters. The number of nitro groups is 1. The minimum Gasteiger partial charge on any atom is -0.403 e.